The van der Waals surface area contributed by atoms with Crippen LogP contribution in [-0.4, -0.2) is 9.55 Å². The van der Waals surface area contributed by atoms with Gasteiger partial charge < -0.3 is 10.3 Å². The first-order valence-electron chi connectivity index (χ1n) is 6.91. The summed E-state index contributed by atoms with van der Waals surface area (Å²) in [5.74, 6) is 1.61. The van der Waals surface area contributed by atoms with Crippen molar-refractivity contribution >= 4 is 0 Å². The minimum absolute atomic E-state index is 0.476. The number of benzene rings is 1. The molecule has 1 atom stereocenters. The number of imidazole rings is 1. The normalized spacial score (nSPS) is 12.7. The highest BCUT2D eigenvalue weighted by Crippen LogP contribution is 2.27. The Kier molecular flexibility index (Phi) is 4.05. The Balaban J connectivity index is 2.42. The zero-order valence-corrected chi connectivity index (χ0v) is 12.3. The van der Waals surface area contributed by atoms with Gasteiger partial charge in [-0.25, -0.2) is 4.98 Å². The number of aryl methyl sites for hydroxylation is 1. The molecule has 0 aliphatic heterocycles. The molecule has 0 radical (unpaired) electrons. The van der Waals surface area contributed by atoms with Crippen molar-refractivity contribution < 1.29 is 0 Å². The monoisotopic (exact) mass is 257 g/mol. The lowest BCUT2D eigenvalue weighted by molar-refractivity contribution is 0.733. The second-order valence-corrected chi connectivity index (χ2v) is 5.15. The van der Waals surface area contributed by atoms with Crippen molar-refractivity contribution in [1.29, 1.82) is 0 Å². The Labute approximate surface area is 115 Å². The third-order valence-electron chi connectivity index (χ3n) is 3.95. The molecule has 3 nitrogen and oxygen atoms in total. The van der Waals surface area contributed by atoms with Crippen LogP contribution in [0.1, 0.15) is 43.3 Å². The number of rotatable bonds is 4. The number of nitrogens with two attached hydrogens (primary N) is 1. The summed E-state index contributed by atoms with van der Waals surface area (Å²) in [6, 6.07) is 8.78. The Bertz CT molecular complexity index is 552. The molecule has 1 aromatic carbocycles. The van der Waals surface area contributed by atoms with Crippen LogP contribution in [0, 0.1) is 6.92 Å². The molecule has 1 aromatic heterocycles. The highest BCUT2D eigenvalue weighted by atomic mass is 15.1. The highest BCUT2D eigenvalue weighted by molar-refractivity contribution is 5.63. The molecule has 3 heteroatoms. The smallest absolute Gasteiger partial charge is 0.106 e. The van der Waals surface area contributed by atoms with Crippen LogP contribution < -0.4 is 5.73 Å². The van der Waals surface area contributed by atoms with Crippen LogP contribution in [0.4, 0.5) is 0 Å². The van der Waals surface area contributed by atoms with E-state index in [1.54, 1.807) is 0 Å². The molecule has 0 aliphatic carbocycles. The summed E-state index contributed by atoms with van der Waals surface area (Å²) in [4.78, 5) is 4.52. The number of hydrogen-bond acceptors (Lipinski definition) is 2. The number of aromatic nitrogens is 2. The summed E-state index contributed by atoms with van der Waals surface area (Å²) < 4.78 is 2.11. The Morgan fingerprint density at radius 1 is 1.26 bits per heavy atom. The van der Waals surface area contributed by atoms with Gasteiger partial charge in [-0.1, -0.05) is 38.1 Å². The van der Waals surface area contributed by atoms with Gasteiger partial charge in [-0.3, -0.25) is 0 Å². The van der Waals surface area contributed by atoms with Crippen LogP contribution >= 0.6 is 0 Å². The molecule has 0 amide bonds. The first kappa shape index (κ1) is 13.8. The van der Waals surface area contributed by atoms with Crippen molar-refractivity contribution in [3.05, 3.63) is 41.3 Å². The van der Waals surface area contributed by atoms with E-state index in [1.807, 2.05) is 14.0 Å². The second-order valence-electron chi connectivity index (χ2n) is 5.15. The SMILES string of the molecule is CCC(C)c1ccc(-c2c(CN)nc(C)n2C)cc1. The summed E-state index contributed by atoms with van der Waals surface area (Å²) in [5.41, 5.74) is 10.5. The van der Waals surface area contributed by atoms with E-state index in [9.17, 15) is 0 Å². The average Bonchev–Trinajstić information content (AvgIpc) is 2.73. The maximum Gasteiger partial charge on any atom is 0.106 e. The fourth-order valence-electron chi connectivity index (χ4n) is 2.39. The molecule has 0 saturated heterocycles. The molecule has 0 spiro atoms. The van der Waals surface area contributed by atoms with Gasteiger partial charge in [0.15, 0.2) is 0 Å². The molecular formula is C16H23N3. The average molecular weight is 257 g/mol. The van der Waals surface area contributed by atoms with Gasteiger partial charge in [0.25, 0.3) is 0 Å². The van der Waals surface area contributed by atoms with Crippen molar-refractivity contribution in [3.63, 3.8) is 0 Å². The predicted octanol–water partition coefficient (Wildman–Crippen LogP) is 3.37. The van der Waals surface area contributed by atoms with Crippen LogP contribution in [0.15, 0.2) is 24.3 Å². The first-order valence-corrected chi connectivity index (χ1v) is 6.91. The van der Waals surface area contributed by atoms with Crippen molar-refractivity contribution in [2.75, 3.05) is 0 Å². The van der Waals surface area contributed by atoms with Gasteiger partial charge >= 0.3 is 0 Å². The topological polar surface area (TPSA) is 43.8 Å². The molecule has 2 N–H and O–H groups in total. The van der Waals surface area contributed by atoms with E-state index in [-0.39, 0.29) is 0 Å². The van der Waals surface area contributed by atoms with E-state index in [4.69, 9.17) is 5.73 Å². The van der Waals surface area contributed by atoms with Gasteiger partial charge in [-0.15, -0.1) is 0 Å². The van der Waals surface area contributed by atoms with Crippen LogP contribution in [-0.2, 0) is 13.6 Å². The number of hydrogen-bond donors (Lipinski definition) is 1. The maximum atomic E-state index is 5.79. The van der Waals surface area contributed by atoms with Crippen LogP contribution in [0.25, 0.3) is 11.3 Å². The quantitative estimate of drug-likeness (QED) is 0.912. The van der Waals surface area contributed by atoms with Gasteiger partial charge in [-0.05, 0) is 24.8 Å². The molecule has 102 valence electrons. The minimum atomic E-state index is 0.476. The Morgan fingerprint density at radius 3 is 2.42 bits per heavy atom. The molecule has 0 fully saturated rings. The van der Waals surface area contributed by atoms with E-state index in [2.05, 4.69) is 47.7 Å². The summed E-state index contributed by atoms with van der Waals surface area (Å²) in [6.07, 6.45) is 1.16. The minimum Gasteiger partial charge on any atom is -0.331 e. The van der Waals surface area contributed by atoms with Gasteiger partial charge in [0.05, 0.1) is 11.4 Å². The highest BCUT2D eigenvalue weighted by Gasteiger charge is 2.13. The van der Waals surface area contributed by atoms with Crippen molar-refractivity contribution in [1.82, 2.24) is 9.55 Å². The van der Waals surface area contributed by atoms with E-state index >= 15 is 0 Å². The van der Waals surface area contributed by atoms with Crippen LogP contribution in [0.2, 0.25) is 0 Å². The van der Waals surface area contributed by atoms with E-state index in [0.717, 1.165) is 23.6 Å². The lowest BCUT2D eigenvalue weighted by Gasteiger charge is -2.11. The predicted molar refractivity (Wildman–Crippen MR) is 80.0 cm³/mol. The van der Waals surface area contributed by atoms with Crippen molar-refractivity contribution in [3.8, 4) is 11.3 Å². The van der Waals surface area contributed by atoms with Crippen molar-refractivity contribution in [2.24, 2.45) is 12.8 Å². The number of nitrogens with zero attached hydrogens (tertiary/aromatic N) is 2. The van der Waals surface area contributed by atoms with E-state index in [1.165, 1.54) is 11.1 Å². The van der Waals surface area contributed by atoms with Gasteiger partial charge in [-0.2, -0.15) is 0 Å². The molecule has 2 aromatic rings. The lowest BCUT2D eigenvalue weighted by atomic mass is 9.97. The molecule has 1 heterocycles. The van der Waals surface area contributed by atoms with Crippen molar-refractivity contribution in [2.45, 2.75) is 39.7 Å². The lowest BCUT2D eigenvalue weighted by Crippen LogP contribution is -2.01. The zero-order chi connectivity index (χ0) is 14.0. The zero-order valence-electron chi connectivity index (χ0n) is 12.3. The van der Waals surface area contributed by atoms with Crippen LogP contribution in [0.5, 0.6) is 0 Å². The van der Waals surface area contributed by atoms with Crippen LogP contribution in [0.3, 0.4) is 0 Å². The summed E-state index contributed by atoms with van der Waals surface area (Å²) in [6.45, 7) is 6.96. The largest absolute Gasteiger partial charge is 0.331 e. The summed E-state index contributed by atoms with van der Waals surface area (Å²) >= 11 is 0. The first-order chi connectivity index (χ1) is 9.08. The standard InChI is InChI=1S/C16H23N3/c1-5-11(2)13-6-8-14(9-7-13)16-15(10-17)18-12(3)19(16)4/h6-9,11H,5,10,17H2,1-4H3. The van der Waals surface area contributed by atoms with Gasteiger partial charge in [0, 0.05) is 19.2 Å². The Hall–Kier alpha value is -1.61. The molecule has 19 heavy (non-hydrogen) atoms. The molecule has 1 unspecified atom stereocenters. The molecular weight excluding hydrogens is 234 g/mol. The van der Waals surface area contributed by atoms with Gasteiger partial charge in [0.1, 0.15) is 5.82 Å². The fourth-order valence-corrected chi connectivity index (χ4v) is 2.39. The fraction of sp³-hybridized carbons (Fsp3) is 0.438. The van der Waals surface area contributed by atoms with E-state index in [0.29, 0.717) is 12.5 Å². The maximum absolute atomic E-state index is 5.79. The second kappa shape index (κ2) is 5.57. The third-order valence-corrected chi connectivity index (χ3v) is 3.95. The molecule has 0 saturated carbocycles. The van der Waals surface area contributed by atoms with E-state index < -0.39 is 0 Å². The Morgan fingerprint density at radius 2 is 1.89 bits per heavy atom. The summed E-state index contributed by atoms with van der Waals surface area (Å²) in [5, 5.41) is 0. The molecule has 2 rings (SSSR count). The molecule has 0 aliphatic rings. The summed E-state index contributed by atoms with van der Waals surface area (Å²) in [7, 11) is 2.04. The molecule has 0 bridgehead atoms. The van der Waals surface area contributed by atoms with Gasteiger partial charge in [0.2, 0.25) is 0 Å². The third kappa shape index (κ3) is 2.56.